The first-order valence-electron chi connectivity index (χ1n) is 16.2. The molecule has 1 saturated carbocycles. The van der Waals surface area contributed by atoms with Crippen LogP contribution in [0.25, 0.3) is 0 Å². The van der Waals surface area contributed by atoms with Crippen molar-refractivity contribution in [1.82, 2.24) is 16.0 Å². The fraction of sp³-hybridized carbons (Fsp3) is 0.900. The van der Waals surface area contributed by atoms with Gasteiger partial charge in [-0.25, -0.2) is 0 Å². The van der Waals surface area contributed by atoms with E-state index in [2.05, 4.69) is 16.0 Å². The number of aliphatic hydroxyl groups excluding tert-OH is 3. The highest BCUT2D eigenvalue weighted by Gasteiger charge is 2.53. The number of rotatable bonds is 15. The Morgan fingerprint density at radius 3 is 2.56 bits per heavy atom. The van der Waals surface area contributed by atoms with Gasteiger partial charge in [0, 0.05) is 24.5 Å². The van der Waals surface area contributed by atoms with Crippen LogP contribution in [0.15, 0.2) is 11.8 Å². The van der Waals surface area contributed by atoms with Gasteiger partial charge in [-0.15, -0.1) is 0 Å². The minimum Gasteiger partial charge on any atom is -0.492 e. The van der Waals surface area contributed by atoms with Gasteiger partial charge in [0.15, 0.2) is 6.29 Å². The summed E-state index contributed by atoms with van der Waals surface area (Å²) >= 11 is 0. The first-order valence-corrected chi connectivity index (χ1v) is 16.2. The second kappa shape index (κ2) is 16.6. The Labute approximate surface area is 266 Å². The molecule has 3 aliphatic rings. The van der Waals surface area contributed by atoms with Crippen molar-refractivity contribution >= 4 is 5.91 Å². The molecule has 2 aliphatic heterocycles. The third kappa shape index (κ3) is 9.33. The summed E-state index contributed by atoms with van der Waals surface area (Å²) in [4.78, 5) is 12.6. The van der Waals surface area contributed by atoms with Gasteiger partial charge < -0.3 is 72.9 Å². The summed E-state index contributed by atoms with van der Waals surface area (Å²) in [5, 5.41) is 63.2. The number of carbonyl (C=O) groups is 1. The van der Waals surface area contributed by atoms with Crippen LogP contribution in [0.5, 0.6) is 0 Å². The van der Waals surface area contributed by atoms with E-state index in [0.717, 1.165) is 12.8 Å². The lowest BCUT2D eigenvalue weighted by atomic mass is 9.72. The molecule has 0 radical (unpaired) electrons. The number of amides is 1. The minimum atomic E-state index is -1.48. The van der Waals surface area contributed by atoms with Gasteiger partial charge in [-0.3, -0.25) is 4.79 Å². The van der Waals surface area contributed by atoms with E-state index in [-0.39, 0.29) is 19.6 Å². The number of hydrogen-bond acceptors (Lipinski definition) is 14. The lowest BCUT2D eigenvalue weighted by Gasteiger charge is -2.50. The summed E-state index contributed by atoms with van der Waals surface area (Å²) in [6.07, 6.45) is -1.88. The van der Waals surface area contributed by atoms with Gasteiger partial charge in [0.25, 0.3) is 0 Å². The molecule has 262 valence electrons. The van der Waals surface area contributed by atoms with Crippen molar-refractivity contribution in [3.63, 3.8) is 0 Å². The van der Waals surface area contributed by atoms with Gasteiger partial charge in [0.1, 0.15) is 35.8 Å². The van der Waals surface area contributed by atoms with Crippen LogP contribution >= 0.6 is 0 Å². The third-order valence-electron chi connectivity index (χ3n) is 9.58. The van der Waals surface area contributed by atoms with E-state index in [9.17, 15) is 30.3 Å². The fourth-order valence-corrected chi connectivity index (χ4v) is 6.82. The van der Waals surface area contributed by atoms with Crippen LogP contribution in [0.2, 0.25) is 0 Å². The maximum atomic E-state index is 12.6. The minimum absolute atomic E-state index is 0.127. The van der Waals surface area contributed by atoms with Crippen LogP contribution in [0, 0.1) is 5.92 Å². The van der Waals surface area contributed by atoms with Crippen LogP contribution < -0.4 is 33.2 Å². The Morgan fingerprint density at radius 1 is 1.22 bits per heavy atom. The predicted molar refractivity (Wildman–Crippen MR) is 166 cm³/mol. The Balaban J connectivity index is 1.77. The quantitative estimate of drug-likeness (QED) is 0.0786. The van der Waals surface area contributed by atoms with Gasteiger partial charge in [0.2, 0.25) is 5.91 Å². The number of hydrogen-bond donors (Lipinski definition) is 11. The number of carbonyl (C=O) groups excluding carboxylic acids is 1. The molecule has 0 aromatic carbocycles. The lowest BCUT2D eigenvalue weighted by Crippen LogP contribution is -2.69. The number of likely N-dealkylation sites (N-methyl/N-ethyl adjacent to an activating group) is 1. The van der Waals surface area contributed by atoms with Crippen molar-refractivity contribution in [1.29, 1.82) is 0 Å². The maximum Gasteiger partial charge on any atom is 0.250 e. The molecule has 3 rings (SSSR count). The zero-order valence-electron chi connectivity index (χ0n) is 27.1. The standard InChI is InChI=1S/C30H58N6O9/c1-5-9-30(42,6-2)10-11-35-14-16-7-8-17(32)24(44-16)21-18(33)12-19(36-27(40)20(37)13-31)25(22(21)38)45-28-23(39)26(34-4)29(3,41)15-43-28/h7,17-26,28,34-35,37-39,41-42H,5-6,8-15,31-33H2,1-4H3,(H,36,40)/t17-,18+,19-,20+,21?,22+,23-,24+,25+,26-,28-,29+,30+/m1/s1. The van der Waals surface area contributed by atoms with Crippen LogP contribution in [-0.4, -0.2) is 137 Å². The average molecular weight is 647 g/mol. The first kappa shape index (κ1) is 38.0. The molecule has 0 aromatic heterocycles. The van der Waals surface area contributed by atoms with Crippen LogP contribution in [0.4, 0.5) is 0 Å². The van der Waals surface area contributed by atoms with E-state index < -0.39 is 84.0 Å². The zero-order chi connectivity index (χ0) is 33.5. The molecule has 2 heterocycles. The van der Waals surface area contributed by atoms with Gasteiger partial charge in [0.05, 0.1) is 36.9 Å². The maximum absolute atomic E-state index is 12.6. The molecule has 13 atom stereocenters. The second-order valence-electron chi connectivity index (χ2n) is 13.1. The van der Waals surface area contributed by atoms with Gasteiger partial charge in [-0.2, -0.15) is 0 Å². The molecule has 0 bridgehead atoms. The van der Waals surface area contributed by atoms with Crippen molar-refractivity contribution in [3.05, 3.63) is 11.8 Å². The summed E-state index contributed by atoms with van der Waals surface area (Å²) in [6.45, 7) is 6.05. The highest BCUT2D eigenvalue weighted by molar-refractivity contribution is 5.81. The van der Waals surface area contributed by atoms with Crippen molar-refractivity contribution in [2.24, 2.45) is 23.1 Å². The summed E-state index contributed by atoms with van der Waals surface area (Å²) in [6, 6.07) is -2.89. The molecule has 15 nitrogen and oxygen atoms in total. The molecule has 1 unspecified atom stereocenters. The molecule has 1 saturated heterocycles. The highest BCUT2D eigenvalue weighted by atomic mass is 16.7. The zero-order valence-corrected chi connectivity index (χ0v) is 27.1. The predicted octanol–water partition coefficient (Wildman–Crippen LogP) is -3.14. The second-order valence-corrected chi connectivity index (χ2v) is 13.1. The van der Waals surface area contributed by atoms with Crippen LogP contribution in [0.3, 0.4) is 0 Å². The summed E-state index contributed by atoms with van der Waals surface area (Å²) in [7, 11) is 1.59. The number of aliphatic hydroxyl groups is 5. The lowest BCUT2D eigenvalue weighted by molar-refractivity contribution is -0.297. The van der Waals surface area contributed by atoms with Crippen LogP contribution in [0.1, 0.15) is 59.3 Å². The third-order valence-corrected chi connectivity index (χ3v) is 9.58. The van der Waals surface area contributed by atoms with Gasteiger partial charge in [-0.05, 0) is 58.7 Å². The van der Waals surface area contributed by atoms with Crippen molar-refractivity contribution in [2.75, 3.05) is 33.3 Å². The molecule has 1 aliphatic carbocycles. The molecule has 2 fully saturated rings. The number of nitrogens with two attached hydrogens (primary N) is 3. The summed E-state index contributed by atoms with van der Waals surface area (Å²) in [5.41, 5.74) is 16.5. The SMILES string of the molecule is CCC[C@@](O)(CC)CCNCC1=CC[C@@H](N)[C@@H](C2[C@@H](N)C[C@@H](NC(=O)[C@@H](O)CN)[C@H](O[C@H]3OC[C@](C)(O)[C@H](NC)[C@H]3O)[C@H]2O)O1. The molecule has 0 spiro atoms. The normalized spacial score (nSPS) is 39.3. The number of nitrogens with one attached hydrogen (secondary N) is 3. The Kier molecular flexibility index (Phi) is 14.0. The van der Waals surface area contributed by atoms with Gasteiger partial charge >= 0.3 is 0 Å². The largest absolute Gasteiger partial charge is 0.492 e. The topological polar surface area (TPSA) is 260 Å². The molecule has 45 heavy (non-hydrogen) atoms. The van der Waals surface area contributed by atoms with E-state index in [1.165, 1.54) is 6.92 Å². The van der Waals surface area contributed by atoms with Crippen molar-refractivity contribution < 1.29 is 44.5 Å². The van der Waals surface area contributed by atoms with E-state index in [0.29, 0.717) is 38.1 Å². The van der Waals surface area contributed by atoms with E-state index in [1.54, 1.807) is 7.05 Å². The van der Waals surface area contributed by atoms with Crippen molar-refractivity contribution in [2.45, 2.75) is 131 Å². The summed E-state index contributed by atoms with van der Waals surface area (Å²) < 4.78 is 18.2. The molecule has 0 aromatic rings. The smallest absolute Gasteiger partial charge is 0.250 e. The van der Waals surface area contributed by atoms with E-state index in [1.807, 2.05) is 19.9 Å². The van der Waals surface area contributed by atoms with Crippen molar-refractivity contribution in [3.8, 4) is 0 Å². The fourth-order valence-electron chi connectivity index (χ4n) is 6.82. The Morgan fingerprint density at radius 2 is 1.93 bits per heavy atom. The molecule has 1 amide bonds. The number of ether oxygens (including phenoxy) is 3. The van der Waals surface area contributed by atoms with E-state index >= 15 is 0 Å². The first-order chi connectivity index (χ1) is 21.2. The highest BCUT2D eigenvalue weighted by Crippen LogP contribution is 2.36. The average Bonchev–Trinajstić information content (AvgIpc) is 2.99. The molecule has 15 heteroatoms. The monoisotopic (exact) mass is 646 g/mol. The summed E-state index contributed by atoms with van der Waals surface area (Å²) in [5.74, 6) is -0.855. The van der Waals surface area contributed by atoms with Crippen LogP contribution in [-0.2, 0) is 19.0 Å². The molecular formula is C30H58N6O9. The van der Waals surface area contributed by atoms with Gasteiger partial charge in [-0.1, -0.05) is 20.3 Å². The van der Waals surface area contributed by atoms with E-state index in [4.69, 9.17) is 31.4 Å². The Bertz CT molecular complexity index is 976. The Hall–Kier alpha value is -1.47. The molecular weight excluding hydrogens is 588 g/mol. The molecule has 14 N–H and O–H groups in total.